The smallest absolute Gasteiger partial charge is 0.273 e. The minimum atomic E-state index is -2.64. The van der Waals surface area contributed by atoms with E-state index in [1.807, 2.05) is 0 Å². The van der Waals surface area contributed by atoms with Crippen LogP contribution in [0, 0.1) is 0 Å². The van der Waals surface area contributed by atoms with Crippen LogP contribution in [0.15, 0.2) is 18.2 Å². The topological polar surface area (TPSA) is 9.23 Å². The molecule has 0 N–H and O–H groups in total. The summed E-state index contributed by atoms with van der Waals surface area (Å²) in [6.07, 6.45) is 0.370. The predicted octanol–water partition coefficient (Wildman–Crippen LogP) is 2.73. The van der Waals surface area contributed by atoms with Gasteiger partial charge in [-0.3, -0.25) is 0 Å². The highest BCUT2D eigenvalue weighted by atomic mass is 19.3. The van der Waals surface area contributed by atoms with Crippen molar-refractivity contribution in [1.82, 2.24) is 0 Å². The molecule has 0 fully saturated rings. The molecule has 1 nitrogen and oxygen atoms in total. The quantitative estimate of drug-likeness (QED) is 0.652. The summed E-state index contributed by atoms with van der Waals surface area (Å²) < 4.78 is 31.2. The Morgan fingerprint density at radius 1 is 1.38 bits per heavy atom. The van der Waals surface area contributed by atoms with E-state index in [0.717, 1.165) is 0 Å². The average Bonchev–Trinajstić information content (AvgIpc) is 2.42. The molecule has 1 aromatic carbocycles. The van der Waals surface area contributed by atoms with Crippen LogP contribution in [0.1, 0.15) is 17.5 Å². The van der Waals surface area contributed by atoms with Gasteiger partial charge in [0.1, 0.15) is 5.75 Å². The van der Waals surface area contributed by atoms with Crippen LogP contribution in [0.25, 0.3) is 0 Å². The summed E-state index contributed by atoms with van der Waals surface area (Å²) in [4.78, 5) is 0. The number of fused-ring (bicyclic) bond motifs is 1. The van der Waals surface area contributed by atoms with Crippen molar-refractivity contribution in [3.05, 3.63) is 29.3 Å². The fourth-order valence-electron chi connectivity index (χ4n) is 1.69. The molecule has 70 valence electrons. The van der Waals surface area contributed by atoms with E-state index in [0.29, 0.717) is 17.7 Å². The van der Waals surface area contributed by atoms with Gasteiger partial charge >= 0.3 is 0 Å². The monoisotopic (exact) mass is 184 g/mol. The first-order chi connectivity index (χ1) is 6.13. The van der Waals surface area contributed by atoms with E-state index < -0.39 is 5.92 Å². The lowest BCUT2D eigenvalue weighted by atomic mass is 10.1. The van der Waals surface area contributed by atoms with Crippen LogP contribution in [-0.2, 0) is 12.3 Å². The highest BCUT2D eigenvalue weighted by molar-refractivity contribution is 5.41. The van der Waals surface area contributed by atoms with Crippen LogP contribution in [0.3, 0.4) is 0 Å². The number of hydrogen-bond acceptors (Lipinski definition) is 1. The first-order valence-electron chi connectivity index (χ1n) is 4.19. The SMILES string of the molecule is COc1ccc2c(c1)CCC2(F)F. The van der Waals surface area contributed by atoms with E-state index in [4.69, 9.17) is 4.74 Å². The van der Waals surface area contributed by atoms with E-state index in [9.17, 15) is 8.78 Å². The lowest BCUT2D eigenvalue weighted by Gasteiger charge is -2.09. The van der Waals surface area contributed by atoms with Crippen molar-refractivity contribution in [2.75, 3.05) is 7.11 Å². The fraction of sp³-hybridized carbons (Fsp3) is 0.400. The molecule has 0 unspecified atom stereocenters. The number of methoxy groups -OCH3 is 1. The summed E-state index contributed by atoms with van der Waals surface area (Å²) in [5.41, 5.74) is 0.873. The molecule has 0 heterocycles. The van der Waals surface area contributed by atoms with Crippen LogP contribution in [0.5, 0.6) is 5.75 Å². The van der Waals surface area contributed by atoms with Gasteiger partial charge < -0.3 is 4.74 Å². The number of rotatable bonds is 1. The molecular weight excluding hydrogens is 174 g/mol. The number of alkyl halides is 2. The van der Waals surface area contributed by atoms with Crippen LogP contribution < -0.4 is 4.74 Å². The van der Waals surface area contributed by atoms with Crippen LogP contribution in [-0.4, -0.2) is 7.11 Å². The van der Waals surface area contributed by atoms with E-state index in [-0.39, 0.29) is 12.0 Å². The Labute approximate surface area is 75.3 Å². The van der Waals surface area contributed by atoms with Crippen LogP contribution >= 0.6 is 0 Å². The molecule has 0 atom stereocenters. The van der Waals surface area contributed by atoms with Crippen molar-refractivity contribution in [3.8, 4) is 5.75 Å². The van der Waals surface area contributed by atoms with Gasteiger partial charge in [0.25, 0.3) is 5.92 Å². The van der Waals surface area contributed by atoms with Gasteiger partial charge in [0.05, 0.1) is 7.11 Å². The normalized spacial score (nSPS) is 18.4. The van der Waals surface area contributed by atoms with Gasteiger partial charge in [0.2, 0.25) is 0 Å². The Morgan fingerprint density at radius 3 is 2.85 bits per heavy atom. The molecule has 13 heavy (non-hydrogen) atoms. The number of hydrogen-bond donors (Lipinski definition) is 0. The zero-order chi connectivity index (χ0) is 9.47. The second kappa shape index (κ2) is 2.69. The van der Waals surface area contributed by atoms with Crippen LogP contribution in [0.2, 0.25) is 0 Å². The summed E-state index contributed by atoms with van der Waals surface area (Å²) in [5, 5.41) is 0. The Balaban J connectivity index is 2.46. The summed E-state index contributed by atoms with van der Waals surface area (Å²) in [5.74, 6) is -1.99. The van der Waals surface area contributed by atoms with Gasteiger partial charge in [0.15, 0.2) is 0 Å². The van der Waals surface area contributed by atoms with Crippen molar-refractivity contribution < 1.29 is 13.5 Å². The maximum absolute atomic E-state index is 13.1. The van der Waals surface area contributed by atoms with Crippen LogP contribution in [0.4, 0.5) is 8.78 Å². The Morgan fingerprint density at radius 2 is 2.15 bits per heavy atom. The maximum Gasteiger partial charge on any atom is 0.273 e. The van der Waals surface area contributed by atoms with Gasteiger partial charge in [-0.05, 0) is 30.2 Å². The van der Waals surface area contributed by atoms with Gasteiger partial charge in [-0.15, -0.1) is 0 Å². The number of halogens is 2. The molecule has 1 aliphatic rings. The number of ether oxygens (including phenoxy) is 1. The average molecular weight is 184 g/mol. The third kappa shape index (κ3) is 1.28. The van der Waals surface area contributed by atoms with Crippen molar-refractivity contribution >= 4 is 0 Å². The molecule has 2 rings (SSSR count). The van der Waals surface area contributed by atoms with Crippen molar-refractivity contribution in [2.45, 2.75) is 18.8 Å². The van der Waals surface area contributed by atoms with E-state index in [1.165, 1.54) is 13.2 Å². The van der Waals surface area contributed by atoms with Gasteiger partial charge in [0, 0.05) is 12.0 Å². The number of benzene rings is 1. The predicted molar refractivity (Wildman–Crippen MR) is 45.2 cm³/mol. The van der Waals surface area contributed by atoms with Gasteiger partial charge in [-0.2, -0.15) is 0 Å². The molecule has 0 saturated carbocycles. The lowest BCUT2D eigenvalue weighted by Crippen LogP contribution is -2.06. The largest absolute Gasteiger partial charge is 0.497 e. The second-order valence-corrected chi connectivity index (χ2v) is 3.23. The Kier molecular flexibility index (Phi) is 1.75. The van der Waals surface area contributed by atoms with E-state index >= 15 is 0 Å². The molecule has 0 spiro atoms. The summed E-state index contributed by atoms with van der Waals surface area (Å²) in [6.45, 7) is 0. The Hall–Kier alpha value is -1.12. The second-order valence-electron chi connectivity index (χ2n) is 3.23. The van der Waals surface area contributed by atoms with E-state index in [2.05, 4.69) is 0 Å². The third-order valence-electron chi connectivity index (χ3n) is 2.41. The molecule has 1 aliphatic carbocycles. The zero-order valence-corrected chi connectivity index (χ0v) is 7.31. The Bertz CT molecular complexity index is 334. The van der Waals surface area contributed by atoms with E-state index in [1.54, 1.807) is 12.1 Å². The third-order valence-corrected chi connectivity index (χ3v) is 2.41. The van der Waals surface area contributed by atoms with Gasteiger partial charge in [-0.25, -0.2) is 8.78 Å². The minimum Gasteiger partial charge on any atom is -0.497 e. The molecule has 1 aromatic rings. The molecule has 0 radical (unpaired) electrons. The highest BCUT2D eigenvalue weighted by Gasteiger charge is 2.38. The minimum absolute atomic E-state index is 0.0739. The molecule has 0 aliphatic heterocycles. The molecule has 3 heteroatoms. The molecule has 0 saturated heterocycles. The molecule has 0 bridgehead atoms. The molecule has 0 aromatic heterocycles. The first-order valence-corrected chi connectivity index (χ1v) is 4.19. The molecular formula is C10H10F2O. The van der Waals surface area contributed by atoms with Gasteiger partial charge in [-0.1, -0.05) is 0 Å². The van der Waals surface area contributed by atoms with Crippen molar-refractivity contribution in [3.63, 3.8) is 0 Å². The lowest BCUT2D eigenvalue weighted by molar-refractivity contribution is -0.00184. The summed E-state index contributed by atoms with van der Waals surface area (Å²) in [6, 6.07) is 4.73. The number of aryl methyl sites for hydroxylation is 1. The van der Waals surface area contributed by atoms with Crippen molar-refractivity contribution in [1.29, 1.82) is 0 Å². The van der Waals surface area contributed by atoms with Crippen molar-refractivity contribution in [2.24, 2.45) is 0 Å². The summed E-state index contributed by atoms with van der Waals surface area (Å²) in [7, 11) is 1.54. The maximum atomic E-state index is 13.1. The first kappa shape index (κ1) is 8.48. The fourth-order valence-corrected chi connectivity index (χ4v) is 1.69. The highest BCUT2D eigenvalue weighted by Crippen LogP contribution is 2.42. The standard InChI is InChI=1S/C10H10F2O/c1-13-8-2-3-9-7(6-8)4-5-10(9,11)12/h2-3,6H,4-5H2,1H3. The zero-order valence-electron chi connectivity index (χ0n) is 7.31. The molecule has 0 amide bonds. The summed E-state index contributed by atoms with van der Waals surface area (Å²) >= 11 is 0.